The Kier molecular flexibility index (Phi) is 10.4. The largest absolute Gasteiger partial charge is 0.493 e. The Bertz CT molecular complexity index is 1450. The lowest BCUT2D eigenvalue weighted by Gasteiger charge is -2.28. The molecule has 1 aromatic heterocycles. The molecule has 0 spiro atoms. The molecule has 2 amide bonds. The van der Waals surface area contributed by atoms with Gasteiger partial charge in [-0.05, 0) is 59.9 Å². The zero-order valence-electron chi connectivity index (χ0n) is 24.0. The van der Waals surface area contributed by atoms with Crippen LogP contribution in [-0.2, 0) is 29.0 Å². The third-order valence-electron chi connectivity index (χ3n) is 7.23. The Balaban J connectivity index is 1.54. The number of methoxy groups -OCH3 is 2. The van der Waals surface area contributed by atoms with E-state index in [0.29, 0.717) is 43.1 Å². The molecule has 0 aliphatic heterocycles. The zero-order valence-corrected chi connectivity index (χ0v) is 24.0. The smallest absolute Gasteiger partial charge is 0.242 e. The van der Waals surface area contributed by atoms with Gasteiger partial charge in [-0.1, -0.05) is 49.7 Å². The minimum atomic E-state index is -0.347. The van der Waals surface area contributed by atoms with Crippen LogP contribution in [0.1, 0.15) is 36.5 Å². The molecular weight excluding hydrogens is 521 g/mol. The van der Waals surface area contributed by atoms with E-state index in [1.807, 2.05) is 42.6 Å². The number of ether oxygens (including phenoxy) is 2. The highest BCUT2D eigenvalue weighted by Crippen LogP contribution is 2.28. The summed E-state index contributed by atoms with van der Waals surface area (Å²) in [6.07, 6.45) is 4.44. The minimum Gasteiger partial charge on any atom is -0.493 e. The molecule has 8 heteroatoms. The summed E-state index contributed by atoms with van der Waals surface area (Å²) in [4.78, 5) is 33.9. The topological polar surface area (TPSA) is 74.9 Å². The lowest BCUT2D eigenvalue weighted by molar-refractivity contribution is -0.140. The van der Waals surface area contributed by atoms with E-state index in [1.54, 1.807) is 36.2 Å². The molecule has 41 heavy (non-hydrogen) atoms. The van der Waals surface area contributed by atoms with Gasteiger partial charge in [0.1, 0.15) is 5.82 Å². The van der Waals surface area contributed by atoms with E-state index >= 15 is 0 Å². The van der Waals surface area contributed by atoms with Crippen molar-refractivity contribution in [1.29, 1.82) is 0 Å². The van der Waals surface area contributed by atoms with E-state index < -0.39 is 0 Å². The quantitative estimate of drug-likeness (QED) is 0.213. The highest BCUT2D eigenvalue weighted by atomic mass is 19.1. The van der Waals surface area contributed by atoms with Crippen molar-refractivity contribution in [2.45, 2.75) is 39.2 Å². The van der Waals surface area contributed by atoms with Crippen molar-refractivity contribution in [3.63, 3.8) is 0 Å². The Morgan fingerprint density at radius 3 is 2.32 bits per heavy atom. The number of nitrogens with zero attached hydrogens (tertiary/aromatic N) is 2. The summed E-state index contributed by atoms with van der Waals surface area (Å²) in [5, 5.41) is 1.13. The van der Waals surface area contributed by atoms with Crippen LogP contribution in [0.15, 0.2) is 72.9 Å². The number of halogens is 1. The van der Waals surface area contributed by atoms with Gasteiger partial charge >= 0.3 is 0 Å². The van der Waals surface area contributed by atoms with Crippen molar-refractivity contribution >= 4 is 22.7 Å². The number of carbonyl (C=O) groups excluding carboxylic acids is 2. The Morgan fingerprint density at radius 1 is 0.854 bits per heavy atom. The molecule has 7 nitrogen and oxygen atoms in total. The molecule has 0 bridgehead atoms. The van der Waals surface area contributed by atoms with Gasteiger partial charge in [0.05, 0.1) is 27.2 Å². The van der Waals surface area contributed by atoms with Gasteiger partial charge in [0.15, 0.2) is 11.5 Å². The molecule has 0 aliphatic rings. The van der Waals surface area contributed by atoms with Crippen molar-refractivity contribution in [3.05, 3.63) is 95.4 Å². The van der Waals surface area contributed by atoms with E-state index in [0.717, 1.165) is 34.9 Å². The first-order chi connectivity index (χ1) is 19.9. The summed E-state index contributed by atoms with van der Waals surface area (Å²) in [6, 6.07) is 19.6. The van der Waals surface area contributed by atoms with Crippen LogP contribution in [0.3, 0.4) is 0 Å². The molecule has 0 aliphatic carbocycles. The highest BCUT2D eigenvalue weighted by Gasteiger charge is 2.22. The zero-order chi connectivity index (χ0) is 29.2. The maximum Gasteiger partial charge on any atom is 0.242 e. The Labute approximate surface area is 240 Å². The molecule has 1 heterocycles. The minimum absolute atomic E-state index is 0.0266. The molecule has 0 fully saturated rings. The van der Waals surface area contributed by atoms with Crippen LogP contribution >= 0.6 is 0 Å². The maximum atomic E-state index is 13.8. The average Bonchev–Trinajstić information content (AvgIpc) is 3.41. The first kappa shape index (κ1) is 29.6. The monoisotopic (exact) mass is 559 g/mol. The second kappa shape index (κ2) is 14.3. The van der Waals surface area contributed by atoms with E-state index in [-0.39, 0.29) is 30.6 Å². The predicted octanol–water partition coefficient (Wildman–Crippen LogP) is 5.77. The molecule has 3 aromatic carbocycles. The van der Waals surface area contributed by atoms with Gasteiger partial charge in [-0.15, -0.1) is 0 Å². The molecule has 4 aromatic rings. The number of fused-ring (bicyclic) bond motifs is 1. The molecule has 1 N–H and O–H groups in total. The molecule has 0 atom stereocenters. The second-order valence-electron chi connectivity index (χ2n) is 10.1. The van der Waals surface area contributed by atoms with Crippen LogP contribution in [0, 0.1) is 5.82 Å². The molecule has 0 radical (unpaired) electrons. The number of benzene rings is 3. The number of nitrogens with one attached hydrogen (secondary N) is 1. The maximum absolute atomic E-state index is 13.8. The normalized spacial score (nSPS) is 10.9. The molecule has 0 unspecified atom stereocenters. The summed E-state index contributed by atoms with van der Waals surface area (Å²) in [5.74, 6) is 0.572. The third-order valence-corrected chi connectivity index (χ3v) is 7.23. The number of rotatable bonds is 14. The summed E-state index contributed by atoms with van der Waals surface area (Å²) in [5.41, 5.74) is 3.79. The summed E-state index contributed by atoms with van der Waals surface area (Å²) in [7, 11) is 3.17. The average molecular weight is 560 g/mol. The molecule has 216 valence electrons. The molecule has 4 rings (SSSR count). The van der Waals surface area contributed by atoms with Crippen LogP contribution in [0.25, 0.3) is 10.9 Å². The SMILES string of the molecule is CCCCN(CC(=O)N(CCc1c[nH]c2ccccc12)Cc1ccc(OC)c(OC)c1)C(=O)Cc1ccc(F)cc1. The fraction of sp³-hybridized carbons (Fsp3) is 0.333. The molecular formula is C33H38FN3O4. The van der Waals surface area contributed by atoms with Crippen LogP contribution in [0.5, 0.6) is 11.5 Å². The van der Waals surface area contributed by atoms with Gasteiger partial charge < -0.3 is 24.3 Å². The van der Waals surface area contributed by atoms with Gasteiger partial charge in [0, 0.05) is 36.7 Å². The van der Waals surface area contributed by atoms with Crippen molar-refractivity contribution in [2.24, 2.45) is 0 Å². The Morgan fingerprint density at radius 2 is 1.59 bits per heavy atom. The van der Waals surface area contributed by atoms with Gasteiger partial charge in [0.2, 0.25) is 11.8 Å². The van der Waals surface area contributed by atoms with Crippen molar-refractivity contribution < 1.29 is 23.5 Å². The Hall–Kier alpha value is -4.33. The fourth-order valence-corrected chi connectivity index (χ4v) is 4.88. The second-order valence-corrected chi connectivity index (χ2v) is 10.1. The van der Waals surface area contributed by atoms with Gasteiger partial charge in [0.25, 0.3) is 0 Å². The lowest BCUT2D eigenvalue weighted by Crippen LogP contribution is -2.44. The van der Waals surface area contributed by atoms with Crippen molar-refractivity contribution in [3.8, 4) is 11.5 Å². The number of hydrogen-bond donors (Lipinski definition) is 1. The van der Waals surface area contributed by atoms with Crippen LogP contribution in [0.2, 0.25) is 0 Å². The standard InChI is InChI=1S/C33H38FN3O4/c1-4-5-17-36(32(38)20-24-10-13-27(34)14-11-24)23-33(39)37(22-25-12-15-30(40-2)31(19-25)41-3)18-16-26-21-35-29-9-7-6-8-28(26)29/h6-15,19,21,35H,4-5,16-18,20,22-23H2,1-3H3. The highest BCUT2D eigenvalue weighted by molar-refractivity contribution is 5.86. The predicted molar refractivity (Wildman–Crippen MR) is 159 cm³/mol. The fourth-order valence-electron chi connectivity index (χ4n) is 4.88. The van der Waals surface area contributed by atoms with Crippen LogP contribution < -0.4 is 9.47 Å². The van der Waals surface area contributed by atoms with Crippen LogP contribution in [-0.4, -0.2) is 60.5 Å². The van der Waals surface area contributed by atoms with Crippen molar-refractivity contribution in [2.75, 3.05) is 33.9 Å². The summed E-state index contributed by atoms with van der Waals surface area (Å²) in [6.45, 7) is 3.34. The lowest BCUT2D eigenvalue weighted by atomic mass is 10.1. The van der Waals surface area contributed by atoms with Gasteiger partial charge in [-0.2, -0.15) is 0 Å². The third kappa shape index (κ3) is 7.87. The van der Waals surface area contributed by atoms with Gasteiger partial charge in [-0.3, -0.25) is 9.59 Å². The summed E-state index contributed by atoms with van der Waals surface area (Å²) >= 11 is 0. The summed E-state index contributed by atoms with van der Waals surface area (Å²) < 4.78 is 24.2. The first-order valence-electron chi connectivity index (χ1n) is 14.0. The number of hydrogen-bond acceptors (Lipinski definition) is 4. The molecule has 0 saturated heterocycles. The number of aromatic amines is 1. The van der Waals surface area contributed by atoms with E-state index in [2.05, 4.69) is 18.0 Å². The molecule has 0 saturated carbocycles. The number of amides is 2. The van der Waals surface area contributed by atoms with E-state index in [4.69, 9.17) is 9.47 Å². The number of H-pyrrole nitrogens is 1. The van der Waals surface area contributed by atoms with E-state index in [1.165, 1.54) is 12.1 Å². The van der Waals surface area contributed by atoms with Gasteiger partial charge in [-0.25, -0.2) is 4.39 Å². The van der Waals surface area contributed by atoms with Crippen molar-refractivity contribution in [1.82, 2.24) is 14.8 Å². The van der Waals surface area contributed by atoms with E-state index in [9.17, 15) is 14.0 Å². The number of para-hydroxylation sites is 1. The number of carbonyl (C=O) groups is 2. The van der Waals surface area contributed by atoms with Crippen LogP contribution in [0.4, 0.5) is 4.39 Å². The number of unbranched alkanes of at least 4 members (excludes halogenated alkanes) is 1. The number of aromatic nitrogens is 1. The first-order valence-corrected chi connectivity index (χ1v) is 14.0.